The molecule has 2 aromatic carbocycles. The molecular formula is C23H24F2N4O4. The molecule has 0 bridgehead atoms. The van der Waals surface area contributed by atoms with Crippen LogP contribution in [0.5, 0.6) is 5.75 Å². The molecule has 2 aromatic rings. The van der Waals surface area contributed by atoms with Gasteiger partial charge in [0.15, 0.2) is 0 Å². The molecule has 2 aliphatic heterocycles. The van der Waals surface area contributed by atoms with E-state index in [0.29, 0.717) is 24.4 Å². The second-order valence-corrected chi connectivity index (χ2v) is 7.76. The number of amidine groups is 1. The van der Waals surface area contributed by atoms with Gasteiger partial charge in [-0.15, -0.1) is 0 Å². The Labute approximate surface area is 189 Å². The minimum atomic E-state index is -0.599. The molecule has 1 amide bonds. The summed E-state index contributed by atoms with van der Waals surface area (Å²) in [5.41, 5.74) is 4.22. The lowest BCUT2D eigenvalue weighted by Crippen LogP contribution is -2.43. The van der Waals surface area contributed by atoms with Crippen molar-refractivity contribution in [3.63, 3.8) is 0 Å². The maximum absolute atomic E-state index is 14.9. The van der Waals surface area contributed by atoms with Crippen molar-refractivity contribution in [1.29, 1.82) is 5.41 Å². The second kappa shape index (κ2) is 9.55. The summed E-state index contributed by atoms with van der Waals surface area (Å²) in [4.78, 5) is 12.5. The van der Waals surface area contributed by atoms with Crippen LogP contribution in [0, 0.1) is 17.0 Å². The lowest BCUT2D eigenvalue weighted by molar-refractivity contribution is 0.0947. The first kappa shape index (κ1) is 22.7. The van der Waals surface area contributed by atoms with Gasteiger partial charge in [0.2, 0.25) is 0 Å². The number of rotatable bonds is 6. The third-order valence-electron chi connectivity index (χ3n) is 5.76. The number of hydrazine groups is 1. The normalized spacial score (nSPS) is 21.6. The van der Waals surface area contributed by atoms with Gasteiger partial charge in [-0.25, -0.2) is 14.2 Å². The Morgan fingerprint density at radius 2 is 2.18 bits per heavy atom. The quantitative estimate of drug-likeness (QED) is 0.496. The van der Waals surface area contributed by atoms with Crippen LogP contribution in [0.15, 0.2) is 48.2 Å². The summed E-state index contributed by atoms with van der Waals surface area (Å²) in [6.45, 7) is 0.937. The minimum absolute atomic E-state index is 0.0110. The van der Waals surface area contributed by atoms with Crippen LogP contribution in [0.2, 0.25) is 0 Å². The van der Waals surface area contributed by atoms with E-state index in [9.17, 15) is 18.7 Å². The highest BCUT2D eigenvalue weighted by Crippen LogP contribution is 2.32. The highest BCUT2D eigenvalue weighted by atomic mass is 19.1. The van der Waals surface area contributed by atoms with Gasteiger partial charge in [0.05, 0.1) is 43.2 Å². The molecule has 2 atom stereocenters. The van der Waals surface area contributed by atoms with E-state index in [1.165, 1.54) is 31.4 Å². The molecular weight excluding hydrogens is 434 g/mol. The van der Waals surface area contributed by atoms with Crippen molar-refractivity contribution in [2.24, 2.45) is 0 Å². The molecule has 2 aliphatic rings. The molecule has 0 aromatic heterocycles. The fraction of sp³-hybridized carbons (Fsp3) is 0.304. The lowest BCUT2D eigenvalue weighted by atomic mass is 9.99. The molecule has 0 spiro atoms. The van der Waals surface area contributed by atoms with Crippen LogP contribution in [0.1, 0.15) is 33.9 Å². The predicted molar refractivity (Wildman–Crippen MR) is 116 cm³/mol. The SMILES string of the molecule is COc1ccc(F)cc1C(=O)NCc1ccc(C2NN(C3CCOC3)C(=N)C2=CO)cc1F. The molecule has 4 N–H and O–H groups in total. The van der Waals surface area contributed by atoms with E-state index in [1.807, 2.05) is 0 Å². The number of halogens is 2. The van der Waals surface area contributed by atoms with E-state index in [0.717, 1.165) is 18.7 Å². The Bertz CT molecular complexity index is 1100. The molecule has 2 fully saturated rings. The summed E-state index contributed by atoms with van der Waals surface area (Å²) in [7, 11) is 1.37. The molecule has 0 aliphatic carbocycles. The van der Waals surface area contributed by atoms with Crippen molar-refractivity contribution in [1.82, 2.24) is 15.8 Å². The number of hydrogen-bond donors (Lipinski definition) is 4. The summed E-state index contributed by atoms with van der Waals surface area (Å²) < 4.78 is 38.8. The van der Waals surface area contributed by atoms with E-state index >= 15 is 0 Å². The molecule has 2 saturated heterocycles. The number of benzene rings is 2. The van der Waals surface area contributed by atoms with Gasteiger partial charge in [0.1, 0.15) is 23.2 Å². The topological polar surface area (TPSA) is 107 Å². The first-order valence-corrected chi connectivity index (χ1v) is 10.4. The van der Waals surface area contributed by atoms with Gasteiger partial charge >= 0.3 is 0 Å². The Kier molecular flexibility index (Phi) is 6.57. The van der Waals surface area contributed by atoms with Gasteiger partial charge in [0, 0.05) is 18.7 Å². The van der Waals surface area contributed by atoms with Crippen molar-refractivity contribution in [3.05, 3.63) is 76.6 Å². The maximum Gasteiger partial charge on any atom is 0.255 e. The van der Waals surface area contributed by atoms with E-state index in [-0.39, 0.29) is 35.3 Å². The van der Waals surface area contributed by atoms with Crippen LogP contribution in [0.3, 0.4) is 0 Å². The average Bonchev–Trinajstić information content (AvgIpc) is 3.45. The highest BCUT2D eigenvalue weighted by molar-refractivity contribution is 5.99. The first-order valence-electron chi connectivity index (χ1n) is 10.4. The summed E-state index contributed by atoms with van der Waals surface area (Å²) >= 11 is 0. The second-order valence-electron chi connectivity index (χ2n) is 7.76. The lowest BCUT2D eigenvalue weighted by Gasteiger charge is -2.24. The number of methoxy groups -OCH3 is 1. The van der Waals surface area contributed by atoms with E-state index in [1.54, 1.807) is 11.1 Å². The first-order chi connectivity index (χ1) is 15.9. The van der Waals surface area contributed by atoms with Crippen molar-refractivity contribution >= 4 is 11.7 Å². The Balaban J connectivity index is 1.47. The number of ether oxygens (including phenoxy) is 2. The number of hydrogen-bond acceptors (Lipinski definition) is 6. The van der Waals surface area contributed by atoms with E-state index < -0.39 is 23.6 Å². The summed E-state index contributed by atoms with van der Waals surface area (Å²) in [5, 5.41) is 22.2. The molecule has 0 radical (unpaired) electrons. The zero-order valence-corrected chi connectivity index (χ0v) is 17.9. The maximum atomic E-state index is 14.9. The Morgan fingerprint density at radius 3 is 2.85 bits per heavy atom. The summed E-state index contributed by atoms with van der Waals surface area (Å²) in [6.07, 6.45) is 1.60. The van der Waals surface area contributed by atoms with E-state index in [4.69, 9.17) is 14.9 Å². The van der Waals surface area contributed by atoms with Crippen LogP contribution in [-0.2, 0) is 11.3 Å². The summed E-state index contributed by atoms with van der Waals surface area (Å²) in [6, 6.07) is 7.42. The number of carbonyl (C=O) groups is 1. The van der Waals surface area contributed by atoms with Gasteiger partial charge in [-0.2, -0.15) is 0 Å². The zero-order valence-electron chi connectivity index (χ0n) is 17.9. The Morgan fingerprint density at radius 1 is 1.36 bits per heavy atom. The Hall–Kier alpha value is -3.50. The number of nitrogens with one attached hydrogen (secondary N) is 3. The van der Waals surface area contributed by atoms with Gasteiger partial charge in [0.25, 0.3) is 5.91 Å². The van der Waals surface area contributed by atoms with Crippen molar-refractivity contribution in [2.75, 3.05) is 20.3 Å². The van der Waals surface area contributed by atoms with Crippen LogP contribution in [0.25, 0.3) is 0 Å². The smallest absolute Gasteiger partial charge is 0.255 e. The fourth-order valence-electron chi connectivity index (χ4n) is 3.97. The summed E-state index contributed by atoms with van der Waals surface area (Å²) in [5.74, 6) is -1.43. The minimum Gasteiger partial charge on any atom is -0.515 e. The molecule has 0 saturated carbocycles. The predicted octanol–water partition coefficient (Wildman–Crippen LogP) is 2.97. The molecule has 174 valence electrons. The van der Waals surface area contributed by atoms with Crippen LogP contribution < -0.4 is 15.5 Å². The number of aliphatic hydroxyl groups excluding tert-OH is 1. The number of amides is 1. The molecule has 8 nitrogen and oxygen atoms in total. The third kappa shape index (κ3) is 4.53. The fourth-order valence-corrected chi connectivity index (χ4v) is 3.97. The average molecular weight is 458 g/mol. The number of nitrogens with zero attached hydrogens (tertiary/aromatic N) is 1. The third-order valence-corrected chi connectivity index (χ3v) is 5.76. The number of aliphatic hydroxyl groups is 1. The molecule has 10 heteroatoms. The monoisotopic (exact) mass is 458 g/mol. The highest BCUT2D eigenvalue weighted by Gasteiger charge is 2.38. The molecule has 33 heavy (non-hydrogen) atoms. The largest absolute Gasteiger partial charge is 0.515 e. The van der Waals surface area contributed by atoms with Crippen molar-refractivity contribution in [2.45, 2.75) is 25.0 Å². The van der Waals surface area contributed by atoms with E-state index in [2.05, 4.69) is 10.7 Å². The van der Waals surface area contributed by atoms with Crippen LogP contribution >= 0.6 is 0 Å². The van der Waals surface area contributed by atoms with Crippen molar-refractivity contribution in [3.8, 4) is 5.75 Å². The van der Waals surface area contributed by atoms with Gasteiger partial charge in [-0.1, -0.05) is 12.1 Å². The molecule has 4 rings (SSSR count). The van der Waals surface area contributed by atoms with Crippen LogP contribution in [-0.4, -0.2) is 48.2 Å². The van der Waals surface area contributed by atoms with Gasteiger partial charge in [-0.05, 0) is 36.2 Å². The molecule has 2 heterocycles. The van der Waals surface area contributed by atoms with Crippen LogP contribution in [0.4, 0.5) is 8.78 Å². The number of carbonyl (C=O) groups excluding carboxylic acids is 1. The van der Waals surface area contributed by atoms with Gasteiger partial charge < -0.3 is 19.9 Å². The standard InChI is InChI=1S/C23H24F2N4O4/c1-32-20-5-4-15(24)9-17(20)23(31)27-10-14-3-2-13(8-19(14)25)21-18(11-30)22(26)29(28-21)16-6-7-33-12-16/h2-5,8-9,11,16,21,26,28,30H,6-7,10,12H2,1H3,(H,27,31). The van der Waals surface area contributed by atoms with Gasteiger partial charge in [-0.3, -0.25) is 15.2 Å². The molecule has 2 unspecified atom stereocenters. The zero-order chi connectivity index (χ0) is 23.5. The van der Waals surface area contributed by atoms with Crippen molar-refractivity contribution < 1.29 is 28.2 Å².